The van der Waals surface area contributed by atoms with E-state index in [9.17, 15) is 4.79 Å². The third kappa shape index (κ3) is 3.82. The highest BCUT2D eigenvalue weighted by atomic mass is 16.5. The highest BCUT2D eigenvalue weighted by Crippen LogP contribution is 2.34. The Labute approximate surface area is 188 Å². The van der Waals surface area contributed by atoms with Crippen molar-refractivity contribution in [2.24, 2.45) is 0 Å². The summed E-state index contributed by atoms with van der Waals surface area (Å²) in [5.74, 6) is 0.715. The maximum absolute atomic E-state index is 12.0. The van der Waals surface area contributed by atoms with Crippen molar-refractivity contribution >= 4 is 33.8 Å². The molecule has 2 aromatic carbocycles. The zero-order chi connectivity index (χ0) is 22.2. The minimum atomic E-state index is -0.0322. The zero-order valence-electron chi connectivity index (χ0n) is 18.7. The number of aromatic nitrogens is 1. The standard InChI is InChI=1S/C26H28N4O2/c1-18(20-8-10-25-24(15-20)28(3)26(31)17-32-25)16-29-11-13-30(14-12-29)23-6-4-5-22-21(23)9-7-19(2)27-22/h4-10,15H,1,11-14,16-17H2,2-3H3. The van der Waals surface area contributed by atoms with Crippen molar-refractivity contribution in [1.29, 1.82) is 0 Å². The second-order valence-corrected chi connectivity index (χ2v) is 8.59. The molecule has 1 amide bonds. The number of anilines is 2. The van der Waals surface area contributed by atoms with Gasteiger partial charge in [0.25, 0.3) is 5.91 Å². The normalized spacial score (nSPS) is 16.8. The Hall–Kier alpha value is -3.38. The first-order chi connectivity index (χ1) is 15.5. The smallest absolute Gasteiger partial charge is 0.264 e. The molecule has 6 nitrogen and oxygen atoms in total. The van der Waals surface area contributed by atoms with E-state index in [0.717, 1.165) is 66.5 Å². The maximum Gasteiger partial charge on any atom is 0.264 e. The molecule has 32 heavy (non-hydrogen) atoms. The van der Waals surface area contributed by atoms with Crippen LogP contribution < -0.4 is 14.5 Å². The number of carbonyl (C=O) groups excluding carboxylic acids is 1. The molecule has 6 heteroatoms. The third-order valence-electron chi connectivity index (χ3n) is 6.43. The molecule has 2 aliphatic heterocycles. The minimum absolute atomic E-state index is 0.0322. The number of nitrogens with zero attached hydrogens (tertiary/aromatic N) is 4. The molecule has 0 saturated carbocycles. The molecule has 3 aromatic rings. The Balaban J connectivity index is 1.25. The molecule has 0 radical (unpaired) electrons. The molecule has 0 spiro atoms. The van der Waals surface area contributed by atoms with Gasteiger partial charge in [0.1, 0.15) is 5.75 Å². The molecule has 2 aliphatic rings. The van der Waals surface area contributed by atoms with Gasteiger partial charge in [-0.3, -0.25) is 14.7 Å². The third-order valence-corrected chi connectivity index (χ3v) is 6.43. The summed E-state index contributed by atoms with van der Waals surface area (Å²) in [6, 6.07) is 16.6. The van der Waals surface area contributed by atoms with E-state index >= 15 is 0 Å². The fourth-order valence-corrected chi connectivity index (χ4v) is 4.52. The first-order valence-corrected chi connectivity index (χ1v) is 11.0. The first kappa shape index (κ1) is 20.5. The van der Waals surface area contributed by atoms with E-state index in [1.807, 2.05) is 25.1 Å². The molecular formula is C26H28N4O2. The summed E-state index contributed by atoms with van der Waals surface area (Å²) in [6.07, 6.45) is 0. The van der Waals surface area contributed by atoms with Gasteiger partial charge in [-0.15, -0.1) is 0 Å². The van der Waals surface area contributed by atoms with Crippen molar-refractivity contribution in [3.8, 4) is 5.75 Å². The molecule has 1 aromatic heterocycles. The molecule has 0 atom stereocenters. The van der Waals surface area contributed by atoms with Crippen LogP contribution in [0.5, 0.6) is 5.75 Å². The minimum Gasteiger partial charge on any atom is -0.482 e. The Morgan fingerprint density at radius 2 is 1.88 bits per heavy atom. The highest BCUT2D eigenvalue weighted by molar-refractivity contribution is 5.98. The van der Waals surface area contributed by atoms with Gasteiger partial charge in [-0.05, 0) is 54.5 Å². The molecule has 0 unspecified atom stereocenters. The number of likely N-dealkylation sites (N-methyl/N-ethyl adjacent to an activating group) is 1. The Kier molecular flexibility index (Phi) is 5.31. The monoisotopic (exact) mass is 428 g/mol. The van der Waals surface area contributed by atoms with Crippen molar-refractivity contribution in [2.75, 3.05) is 56.2 Å². The number of pyridine rings is 1. The molecule has 0 N–H and O–H groups in total. The van der Waals surface area contributed by atoms with Crippen LogP contribution in [0.2, 0.25) is 0 Å². The lowest BCUT2D eigenvalue weighted by Gasteiger charge is -2.37. The second kappa shape index (κ2) is 8.28. The number of ether oxygens (including phenoxy) is 1. The van der Waals surface area contributed by atoms with Crippen LogP contribution >= 0.6 is 0 Å². The lowest BCUT2D eigenvalue weighted by Crippen LogP contribution is -2.46. The summed E-state index contributed by atoms with van der Waals surface area (Å²) in [5, 5.41) is 1.21. The van der Waals surface area contributed by atoms with Crippen LogP contribution in [0.1, 0.15) is 11.3 Å². The van der Waals surface area contributed by atoms with E-state index in [4.69, 9.17) is 4.74 Å². The second-order valence-electron chi connectivity index (χ2n) is 8.59. The van der Waals surface area contributed by atoms with Gasteiger partial charge in [0.15, 0.2) is 6.61 Å². The lowest BCUT2D eigenvalue weighted by atomic mass is 10.0. The van der Waals surface area contributed by atoms with Gasteiger partial charge >= 0.3 is 0 Å². The Morgan fingerprint density at radius 3 is 2.69 bits per heavy atom. The fourth-order valence-electron chi connectivity index (χ4n) is 4.52. The predicted molar refractivity (Wildman–Crippen MR) is 130 cm³/mol. The van der Waals surface area contributed by atoms with E-state index in [-0.39, 0.29) is 12.5 Å². The van der Waals surface area contributed by atoms with E-state index < -0.39 is 0 Å². The Morgan fingerprint density at radius 1 is 1.06 bits per heavy atom. The quantitative estimate of drug-likeness (QED) is 0.634. The fraction of sp³-hybridized carbons (Fsp3) is 0.308. The van der Waals surface area contributed by atoms with Crippen molar-refractivity contribution in [3.05, 3.63) is 66.4 Å². The van der Waals surface area contributed by atoms with Crippen LogP contribution in [0.3, 0.4) is 0 Å². The average Bonchev–Trinajstić information content (AvgIpc) is 2.81. The van der Waals surface area contributed by atoms with Gasteiger partial charge in [-0.2, -0.15) is 0 Å². The van der Waals surface area contributed by atoms with Gasteiger partial charge in [-0.1, -0.05) is 18.7 Å². The zero-order valence-corrected chi connectivity index (χ0v) is 18.7. The number of fused-ring (bicyclic) bond motifs is 2. The van der Waals surface area contributed by atoms with Gasteiger partial charge in [0.2, 0.25) is 0 Å². The number of benzene rings is 2. The van der Waals surface area contributed by atoms with E-state index in [1.165, 1.54) is 11.1 Å². The van der Waals surface area contributed by atoms with Crippen molar-refractivity contribution in [2.45, 2.75) is 6.92 Å². The summed E-state index contributed by atoms with van der Waals surface area (Å²) >= 11 is 0. The lowest BCUT2D eigenvalue weighted by molar-refractivity contribution is -0.120. The SMILES string of the molecule is C=C(CN1CCN(c2cccc3nc(C)ccc23)CC1)c1ccc2c(c1)N(C)C(=O)CO2. The average molecular weight is 429 g/mol. The van der Waals surface area contributed by atoms with Crippen LogP contribution in [0.4, 0.5) is 11.4 Å². The Bertz CT molecular complexity index is 1200. The highest BCUT2D eigenvalue weighted by Gasteiger charge is 2.24. The maximum atomic E-state index is 12.0. The van der Waals surface area contributed by atoms with Crippen LogP contribution in [0.25, 0.3) is 16.5 Å². The summed E-state index contributed by atoms with van der Waals surface area (Å²) in [6.45, 7) is 11.1. The number of aryl methyl sites for hydroxylation is 1. The van der Waals surface area contributed by atoms with Gasteiger partial charge < -0.3 is 14.5 Å². The predicted octanol–water partition coefficient (Wildman–Crippen LogP) is 3.73. The molecule has 3 heterocycles. The molecule has 1 fully saturated rings. The van der Waals surface area contributed by atoms with Crippen molar-refractivity contribution in [1.82, 2.24) is 9.88 Å². The molecule has 164 valence electrons. The van der Waals surface area contributed by atoms with Gasteiger partial charge in [-0.25, -0.2) is 0 Å². The van der Waals surface area contributed by atoms with Gasteiger partial charge in [0, 0.05) is 56.5 Å². The molecule has 5 rings (SSSR count). The number of piperazine rings is 1. The number of rotatable bonds is 4. The van der Waals surface area contributed by atoms with Crippen LogP contribution in [0.15, 0.2) is 55.1 Å². The molecule has 0 bridgehead atoms. The van der Waals surface area contributed by atoms with Crippen LogP contribution in [-0.4, -0.2) is 62.2 Å². The van der Waals surface area contributed by atoms with Crippen molar-refractivity contribution in [3.63, 3.8) is 0 Å². The summed E-state index contributed by atoms with van der Waals surface area (Å²) in [4.78, 5) is 23.2. The van der Waals surface area contributed by atoms with Gasteiger partial charge in [0.05, 0.1) is 11.2 Å². The summed E-state index contributed by atoms with van der Waals surface area (Å²) in [7, 11) is 1.79. The largest absolute Gasteiger partial charge is 0.482 e. The van der Waals surface area contributed by atoms with Crippen LogP contribution in [0, 0.1) is 6.92 Å². The number of carbonyl (C=O) groups is 1. The summed E-state index contributed by atoms with van der Waals surface area (Å²) in [5.41, 5.74) is 6.27. The molecule has 1 saturated heterocycles. The van der Waals surface area contributed by atoms with E-state index in [1.54, 1.807) is 11.9 Å². The topological polar surface area (TPSA) is 48.9 Å². The van der Waals surface area contributed by atoms with E-state index in [2.05, 4.69) is 51.7 Å². The van der Waals surface area contributed by atoms with Crippen molar-refractivity contribution < 1.29 is 9.53 Å². The van der Waals surface area contributed by atoms with Crippen LogP contribution in [-0.2, 0) is 4.79 Å². The number of amides is 1. The first-order valence-electron chi connectivity index (χ1n) is 11.0. The number of hydrogen-bond donors (Lipinski definition) is 0. The summed E-state index contributed by atoms with van der Waals surface area (Å²) < 4.78 is 5.54. The molecular weight excluding hydrogens is 400 g/mol. The molecule has 0 aliphatic carbocycles. The van der Waals surface area contributed by atoms with E-state index in [0.29, 0.717) is 0 Å². The number of hydrogen-bond acceptors (Lipinski definition) is 5.